The highest BCUT2D eigenvalue weighted by Gasteiger charge is 2.47. The van der Waals surface area contributed by atoms with Crippen molar-refractivity contribution in [1.29, 1.82) is 0 Å². The summed E-state index contributed by atoms with van der Waals surface area (Å²) >= 11 is 0. The van der Waals surface area contributed by atoms with Gasteiger partial charge in [-0.15, -0.1) is 0 Å². The molecule has 0 aliphatic carbocycles. The van der Waals surface area contributed by atoms with Crippen molar-refractivity contribution in [3.8, 4) is 0 Å². The molecule has 138 valence electrons. The number of aliphatic hydroxyl groups is 1. The standard InChI is InChI=1S/C25H27NO/c27-25(22-15-7-2-8-16-22,23-17-9-3-10-18-23)24(21-13-5-1-6-14-21)26-19-11-4-12-20-26/h1-3,5-10,13-18,24,27H,4,11-12,19-20H2/p+1/t24-/m0/s1. The van der Waals surface area contributed by atoms with Gasteiger partial charge in [0.1, 0.15) is 0 Å². The van der Waals surface area contributed by atoms with Gasteiger partial charge in [0, 0.05) is 5.56 Å². The number of nitrogens with one attached hydrogen (secondary N) is 1. The first-order valence-electron chi connectivity index (χ1n) is 10.0. The quantitative estimate of drug-likeness (QED) is 0.714. The summed E-state index contributed by atoms with van der Waals surface area (Å²) in [7, 11) is 0. The van der Waals surface area contributed by atoms with Crippen LogP contribution in [0.2, 0.25) is 0 Å². The second-order valence-electron chi connectivity index (χ2n) is 7.56. The molecule has 0 radical (unpaired) electrons. The molecule has 2 heteroatoms. The molecule has 3 aromatic carbocycles. The lowest BCUT2D eigenvalue weighted by Gasteiger charge is -2.42. The zero-order chi connectivity index (χ0) is 18.5. The van der Waals surface area contributed by atoms with Crippen molar-refractivity contribution in [3.05, 3.63) is 108 Å². The summed E-state index contributed by atoms with van der Waals surface area (Å²) in [5.74, 6) is 0. The molecular formula is C25H28NO+. The van der Waals surface area contributed by atoms with Gasteiger partial charge in [-0.05, 0) is 30.4 Å². The zero-order valence-corrected chi connectivity index (χ0v) is 15.7. The third-order valence-electron chi connectivity index (χ3n) is 5.88. The SMILES string of the molecule is OC(c1ccccc1)(c1ccccc1)[C@H](c1ccccc1)[NH+]1CCCCC1. The number of piperidine rings is 1. The number of hydrogen-bond donors (Lipinski definition) is 2. The van der Waals surface area contributed by atoms with Gasteiger partial charge in [0.05, 0.1) is 13.1 Å². The Morgan fingerprint density at radius 2 is 1.07 bits per heavy atom. The van der Waals surface area contributed by atoms with Crippen molar-refractivity contribution in [2.45, 2.75) is 30.9 Å². The molecule has 4 rings (SSSR count). The van der Waals surface area contributed by atoms with Gasteiger partial charge in [-0.25, -0.2) is 0 Å². The lowest BCUT2D eigenvalue weighted by Crippen LogP contribution is -3.14. The lowest BCUT2D eigenvalue weighted by atomic mass is 9.76. The highest BCUT2D eigenvalue weighted by atomic mass is 16.3. The fraction of sp³-hybridized carbons (Fsp3) is 0.280. The van der Waals surface area contributed by atoms with Crippen molar-refractivity contribution in [3.63, 3.8) is 0 Å². The summed E-state index contributed by atoms with van der Waals surface area (Å²) in [5, 5.41) is 12.4. The van der Waals surface area contributed by atoms with Crippen molar-refractivity contribution in [1.82, 2.24) is 0 Å². The molecule has 1 heterocycles. The molecule has 2 nitrogen and oxygen atoms in total. The first kappa shape index (κ1) is 18.0. The van der Waals surface area contributed by atoms with Crippen LogP contribution in [0.25, 0.3) is 0 Å². The Morgan fingerprint density at radius 1 is 0.630 bits per heavy atom. The Bertz CT molecular complexity index is 786. The Balaban J connectivity index is 1.91. The summed E-state index contributed by atoms with van der Waals surface area (Å²) in [6.07, 6.45) is 3.73. The van der Waals surface area contributed by atoms with Crippen LogP contribution in [0, 0.1) is 0 Å². The number of quaternary nitrogens is 1. The van der Waals surface area contributed by atoms with E-state index in [0.717, 1.165) is 24.2 Å². The largest absolute Gasteiger partial charge is 0.374 e. The van der Waals surface area contributed by atoms with E-state index in [1.807, 2.05) is 36.4 Å². The van der Waals surface area contributed by atoms with Crippen LogP contribution in [0.4, 0.5) is 0 Å². The molecule has 1 aliphatic rings. The maximum absolute atomic E-state index is 12.4. The van der Waals surface area contributed by atoms with Gasteiger partial charge >= 0.3 is 0 Å². The molecule has 2 N–H and O–H groups in total. The second kappa shape index (κ2) is 8.08. The van der Waals surface area contributed by atoms with Crippen molar-refractivity contribution in [2.75, 3.05) is 13.1 Å². The van der Waals surface area contributed by atoms with E-state index in [0.29, 0.717) is 0 Å². The highest BCUT2D eigenvalue weighted by Crippen LogP contribution is 2.39. The molecule has 0 spiro atoms. The van der Waals surface area contributed by atoms with Crippen LogP contribution < -0.4 is 4.90 Å². The van der Waals surface area contributed by atoms with E-state index < -0.39 is 5.60 Å². The van der Waals surface area contributed by atoms with Crippen LogP contribution in [0.5, 0.6) is 0 Å². The van der Waals surface area contributed by atoms with Crippen LogP contribution in [0.1, 0.15) is 42.0 Å². The second-order valence-corrected chi connectivity index (χ2v) is 7.56. The minimum Gasteiger partial charge on any atom is -0.374 e. The van der Waals surface area contributed by atoms with Gasteiger partial charge in [0.2, 0.25) is 0 Å². The van der Waals surface area contributed by atoms with Gasteiger partial charge in [-0.2, -0.15) is 0 Å². The summed E-state index contributed by atoms with van der Waals surface area (Å²) in [6, 6.07) is 30.9. The predicted octanol–water partition coefficient (Wildman–Crippen LogP) is 3.73. The molecule has 0 amide bonds. The van der Waals surface area contributed by atoms with Crippen molar-refractivity contribution < 1.29 is 10.0 Å². The fourth-order valence-corrected chi connectivity index (χ4v) is 4.60. The molecule has 1 aliphatic heterocycles. The van der Waals surface area contributed by atoms with Gasteiger partial charge in [-0.3, -0.25) is 0 Å². The topological polar surface area (TPSA) is 24.7 Å². The average Bonchev–Trinajstić information content (AvgIpc) is 2.76. The zero-order valence-electron chi connectivity index (χ0n) is 15.7. The Kier molecular flexibility index (Phi) is 5.38. The molecule has 27 heavy (non-hydrogen) atoms. The van der Waals surface area contributed by atoms with E-state index >= 15 is 0 Å². The van der Waals surface area contributed by atoms with E-state index in [1.165, 1.54) is 29.7 Å². The van der Waals surface area contributed by atoms with E-state index in [2.05, 4.69) is 54.6 Å². The summed E-state index contributed by atoms with van der Waals surface area (Å²) in [6.45, 7) is 2.20. The van der Waals surface area contributed by atoms with Gasteiger partial charge < -0.3 is 10.0 Å². The first-order valence-corrected chi connectivity index (χ1v) is 10.0. The number of benzene rings is 3. The van der Waals surface area contributed by atoms with Gasteiger partial charge in [-0.1, -0.05) is 91.0 Å². The van der Waals surface area contributed by atoms with E-state index in [4.69, 9.17) is 0 Å². The molecule has 0 unspecified atom stereocenters. The van der Waals surface area contributed by atoms with Crippen LogP contribution in [-0.2, 0) is 5.60 Å². The van der Waals surface area contributed by atoms with Crippen molar-refractivity contribution in [2.24, 2.45) is 0 Å². The van der Waals surface area contributed by atoms with Crippen LogP contribution >= 0.6 is 0 Å². The average molecular weight is 359 g/mol. The molecule has 1 atom stereocenters. The fourth-order valence-electron chi connectivity index (χ4n) is 4.60. The lowest BCUT2D eigenvalue weighted by molar-refractivity contribution is -0.944. The summed E-state index contributed by atoms with van der Waals surface area (Å²) < 4.78 is 0. The maximum Gasteiger partial charge on any atom is 0.171 e. The van der Waals surface area contributed by atoms with E-state index in [-0.39, 0.29) is 6.04 Å². The Morgan fingerprint density at radius 3 is 1.56 bits per heavy atom. The summed E-state index contributed by atoms with van der Waals surface area (Å²) in [5.41, 5.74) is 2.05. The smallest absolute Gasteiger partial charge is 0.171 e. The van der Waals surface area contributed by atoms with Crippen LogP contribution in [-0.4, -0.2) is 18.2 Å². The third kappa shape index (κ3) is 3.55. The Hall–Kier alpha value is -2.42. The minimum absolute atomic E-state index is 0.0381. The molecule has 1 fully saturated rings. The van der Waals surface area contributed by atoms with Crippen molar-refractivity contribution >= 4 is 0 Å². The monoisotopic (exact) mass is 358 g/mol. The normalized spacial score (nSPS) is 16.8. The molecular weight excluding hydrogens is 330 g/mol. The van der Waals surface area contributed by atoms with Gasteiger partial charge in [0.15, 0.2) is 11.6 Å². The van der Waals surface area contributed by atoms with Crippen LogP contribution in [0.15, 0.2) is 91.0 Å². The highest BCUT2D eigenvalue weighted by molar-refractivity contribution is 5.40. The van der Waals surface area contributed by atoms with Gasteiger partial charge in [0.25, 0.3) is 0 Å². The first-order chi connectivity index (χ1) is 13.3. The Labute approximate surface area is 162 Å². The molecule has 0 bridgehead atoms. The van der Waals surface area contributed by atoms with E-state index in [9.17, 15) is 5.11 Å². The maximum atomic E-state index is 12.4. The number of hydrogen-bond acceptors (Lipinski definition) is 1. The number of likely N-dealkylation sites (tertiary alicyclic amines) is 1. The number of rotatable bonds is 5. The molecule has 0 saturated carbocycles. The van der Waals surface area contributed by atoms with E-state index in [1.54, 1.807) is 0 Å². The third-order valence-corrected chi connectivity index (χ3v) is 5.88. The molecule has 3 aromatic rings. The predicted molar refractivity (Wildman–Crippen MR) is 110 cm³/mol. The minimum atomic E-state index is -1.07. The van der Waals surface area contributed by atoms with Crippen LogP contribution in [0.3, 0.4) is 0 Å². The summed E-state index contributed by atoms with van der Waals surface area (Å²) in [4.78, 5) is 1.47. The molecule has 1 saturated heterocycles. The molecule has 0 aromatic heterocycles.